The molecule has 1 aliphatic rings. The molecule has 1 atom stereocenters. The number of urea groups is 1. The van der Waals surface area contributed by atoms with Gasteiger partial charge < -0.3 is 10.2 Å². The molecule has 2 aromatic carbocycles. The first-order valence-corrected chi connectivity index (χ1v) is 11.6. The molecule has 1 saturated heterocycles. The quantitative estimate of drug-likeness (QED) is 0.542. The molecule has 0 radical (unpaired) electrons. The van der Waals surface area contributed by atoms with E-state index in [-0.39, 0.29) is 12.2 Å². The minimum atomic E-state index is -5.54. The fourth-order valence-corrected chi connectivity index (χ4v) is 4.50. The van der Waals surface area contributed by atoms with Gasteiger partial charge in [0.05, 0.1) is 16.1 Å². The van der Waals surface area contributed by atoms with Gasteiger partial charge >= 0.3 is 11.5 Å². The molecule has 1 aliphatic heterocycles. The summed E-state index contributed by atoms with van der Waals surface area (Å²) in [6, 6.07) is 9.25. The summed E-state index contributed by atoms with van der Waals surface area (Å²) in [5.74, 6) is -0.578. The number of benzene rings is 2. The number of amides is 3. The highest BCUT2D eigenvalue weighted by atomic mass is 32.2. The van der Waals surface area contributed by atoms with Crippen LogP contribution in [-0.2, 0) is 21.2 Å². The van der Waals surface area contributed by atoms with Crippen molar-refractivity contribution < 1.29 is 31.2 Å². The molecule has 0 spiro atoms. The van der Waals surface area contributed by atoms with Crippen LogP contribution in [0.3, 0.4) is 0 Å². The molecule has 34 heavy (non-hydrogen) atoms. The molecule has 1 unspecified atom stereocenters. The van der Waals surface area contributed by atoms with Gasteiger partial charge in [-0.3, -0.25) is 9.78 Å². The highest BCUT2D eigenvalue weighted by molar-refractivity contribution is 7.92. The Morgan fingerprint density at radius 3 is 2.35 bits per heavy atom. The molecule has 0 saturated carbocycles. The Labute approximate surface area is 192 Å². The Kier molecular flexibility index (Phi) is 5.72. The third-order valence-corrected chi connectivity index (χ3v) is 7.16. The monoisotopic (exact) mass is 492 g/mol. The molecule has 4 rings (SSSR count). The summed E-state index contributed by atoms with van der Waals surface area (Å²) in [6.45, 7) is 1.64. The van der Waals surface area contributed by atoms with Crippen molar-refractivity contribution in [3.05, 3.63) is 60.3 Å². The Morgan fingerprint density at radius 2 is 1.74 bits per heavy atom. The van der Waals surface area contributed by atoms with Gasteiger partial charge in [-0.15, -0.1) is 0 Å². The highest BCUT2D eigenvalue weighted by Crippen LogP contribution is 2.33. The molecule has 0 aliphatic carbocycles. The van der Waals surface area contributed by atoms with Crippen LogP contribution in [0.1, 0.15) is 12.5 Å². The summed E-state index contributed by atoms with van der Waals surface area (Å²) in [4.78, 5) is 31.5. The van der Waals surface area contributed by atoms with Crippen molar-refractivity contribution >= 4 is 44.1 Å². The zero-order chi connectivity index (χ0) is 24.8. The second-order valence-electron chi connectivity index (χ2n) is 7.66. The lowest BCUT2D eigenvalue weighted by Gasteiger charge is -2.20. The number of carbonyl (C=O) groups is 2. The number of nitrogens with zero attached hydrogens (tertiary/aromatic N) is 3. The van der Waals surface area contributed by atoms with E-state index >= 15 is 0 Å². The zero-order valence-electron chi connectivity index (χ0n) is 18.0. The van der Waals surface area contributed by atoms with Gasteiger partial charge in [-0.1, -0.05) is 0 Å². The summed E-state index contributed by atoms with van der Waals surface area (Å²) in [5.41, 5.74) is -3.18. The minimum absolute atomic E-state index is 0.0254. The van der Waals surface area contributed by atoms with Crippen LogP contribution in [0.2, 0.25) is 0 Å². The SMILES string of the molecule is CNc1ccc2nccc(CN3C(=O)N(c4ccc(S(=O)(=O)C(F)(F)F)cc4)C(=O)C3C)c2c1. The van der Waals surface area contributed by atoms with Crippen molar-refractivity contribution in [2.45, 2.75) is 29.9 Å². The molecule has 1 fully saturated rings. The van der Waals surface area contributed by atoms with Crippen LogP contribution < -0.4 is 10.2 Å². The lowest BCUT2D eigenvalue weighted by molar-refractivity contribution is -0.119. The maximum atomic E-state index is 13.1. The Balaban J connectivity index is 1.64. The molecule has 1 N–H and O–H groups in total. The number of anilines is 2. The molecular weight excluding hydrogens is 473 g/mol. The number of alkyl halides is 3. The van der Waals surface area contributed by atoms with Gasteiger partial charge in [0.2, 0.25) is 0 Å². The van der Waals surface area contributed by atoms with Crippen LogP contribution >= 0.6 is 0 Å². The largest absolute Gasteiger partial charge is 0.501 e. The third kappa shape index (κ3) is 3.83. The lowest BCUT2D eigenvalue weighted by Crippen LogP contribution is -2.33. The van der Waals surface area contributed by atoms with Crippen molar-refractivity contribution in [1.29, 1.82) is 0 Å². The van der Waals surface area contributed by atoms with E-state index in [1.165, 1.54) is 4.90 Å². The summed E-state index contributed by atoms with van der Waals surface area (Å²) in [5, 5.41) is 3.83. The van der Waals surface area contributed by atoms with Crippen LogP contribution in [-0.4, -0.2) is 48.8 Å². The zero-order valence-corrected chi connectivity index (χ0v) is 18.8. The van der Waals surface area contributed by atoms with Crippen LogP contribution in [0.5, 0.6) is 0 Å². The molecule has 2 heterocycles. The van der Waals surface area contributed by atoms with E-state index < -0.39 is 38.2 Å². The van der Waals surface area contributed by atoms with Crippen LogP contribution in [0.15, 0.2) is 59.6 Å². The summed E-state index contributed by atoms with van der Waals surface area (Å²) < 4.78 is 61.5. The van der Waals surface area contributed by atoms with E-state index in [9.17, 15) is 31.2 Å². The highest BCUT2D eigenvalue weighted by Gasteiger charge is 2.47. The number of carbonyl (C=O) groups excluding carboxylic acids is 2. The van der Waals surface area contributed by atoms with E-state index in [2.05, 4.69) is 10.3 Å². The fraction of sp³-hybridized carbons (Fsp3) is 0.227. The lowest BCUT2D eigenvalue weighted by atomic mass is 10.1. The normalized spacial score (nSPS) is 17.0. The Morgan fingerprint density at radius 1 is 1.06 bits per heavy atom. The van der Waals surface area contributed by atoms with E-state index in [1.807, 2.05) is 18.2 Å². The van der Waals surface area contributed by atoms with Crippen LogP contribution in [0.25, 0.3) is 10.9 Å². The van der Waals surface area contributed by atoms with Crippen molar-refractivity contribution in [3.8, 4) is 0 Å². The predicted molar refractivity (Wildman–Crippen MR) is 119 cm³/mol. The van der Waals surface area contributed by atoms with Gasteiger partial charge in [0, 0.05) is 30.9 Å². The number of fused-ring (bicyclic) bond motifs is 1. The second-order valence-corrected chi connectivity index (χ2v) is 9.60. The molecule has 3 amide bonds. The average molecular weight is 492 g/mol. The number of rotatable bonds is 5. The van der Waals surface area contributed by atoms with E-state index in [0.717, 1.165) is 45.8 Å². The maximum Gasteiger partial charge on any atom is 0.501 e. The van der Waals surface area contributed by atoms with Gasteiger partial charge in [0.25, 0.3) is 15.7 Å². The number of pyridine rings is 1. The van der Waals surface area contributed by atoms with E-state index in [0.29, 0.717) is 5.52 Å². The minimum Gasteiger partial charge on any atom is -0.388 e. The van der Waals surface area contributed by atoms with Crippen molar-refractivity contribution in [1.82, 2.24) is 9.88 Å². The topological polar surface area (TPSA) is 99.7 Å². The van der Waals surface area contributed by atoms with Crippen LogP contribution in [0.4, 0.5) is 29.3 Å². The smallest absolute Gasteiger partial charge is 0.388 e. The number of sulfone groups is 1. The first-order valence-electron chi connectivity index (χ1n) is 10.1. The number of aromatic nitrogens is 1. The van der Waals surface area contributed by atoms with Crippen molar-refractivity contribution in [3.63, 3.8) is 0 Å². The number of halogens is 3. The maximum absolute atomic E-state index is 13.1. The van der Waals surface area contributed by atoms with Gasteiger partial charge in [-0.05, 0) is 61.0 Å². The number of hydrogen-bond donors (Lipinski definition) is 1. The van der Waals surface area contributed by atoms with E-state index in [4.69, 9.17) is 0 Å². The molecule has 8 nitrogen and oxygen atoms in total. The van der Waals surface area contributed by atoms with Crippen molar-refractivity contribution in [2.24, 2.45) is 0 Å². The second kappa shape index (κ2) is 8.28. The molecular formula is C22H19F3N4O4S. The van der Waals surface area contributed by atoms with Crippen LogP contribution in [0, 0.1) is 0 Å². The van der Waals surface area contributed by atoms with Gasteiger partial charge in [-0.25, -0.2) is 18.1 Å². The average Bonchev–Trinajstić information content (AvgIpc) is 3.01. The van der Waals surface area contributed by atoms with Gasteiger partial charge in [-0.2, -0.15) is 13.2 Å². The first kappa shape index (κ1) is 23.5. The van der Waals surface area contributed by atoms with Gasteiger partial charge in [0.15, 0.2) is 0 Å². The summed E-state index contributed by atoms with van der Waals surface area (Å²) >= 11 is 0. The molecule has 3 aromatic rings. The first-order chi connectivity index (χ1) is 16.0. The standard InChI is InChI=1S/C22H19F3N4O4S/c1-13-20(30)29(16-4-6-17(7-5-16)34(32,33)22(23,24)25)21(31)28(13)12-14-9-10-27-19-8-3-15(26-2)11-18(14)19/h3-11,13,26H,12H2,1-2H3. The number of imide groups is 1. The number of hydrogen-bond acceptors (Lipinski definition) is 6. The summed E-state index contributed by atoms with van der Waals surface area (Å²) in [7, 11) is -3.77. The van der Waals surface area contributed by atoms with E-state index in [1.54, 1.807) is 26.2 Å². The van der Waals surface area contributed by atoms with Gasteiger partial charge in [0.1, 0.15) is 6.04 Å². The molecule has 178 valence electrons. The molecule has 12 heteroatoms. The number of nitrogens with one attached hydrogen (secondary N) is 1. The molecule has 1 aromatic heterocycles. The van der Waals surface area contributed by atoms with Crippen molar-refractivity contribution in [2.75, 3.05) is 17.3 Å². The molecule has 0 bridgehead atoms. The third-order valence-electron chi connectivity index (χ3n) is 5.65. The summed E-state index contributed by atoms with van der Waals surface area (Å²) in [6.07, 6.45) is 1.60. The fourth-order valence-electron chi connectivity index (χ4n) is 3.74. The predicted octanol–water partition coefficient (Wildman–Crippen LogP) is 3.93. The Hall–Kier alpha value is -3.67. The Bertz CT molecular complexity index is 1390.